The van der Waals surface area contributed by atoms with Gasteiger partial charge in [0.25, 0.3) is 5.91 Å². The first-order chi connectivity index (χ1) is 14.3. The van der Waals surface area contributed by atoms with Crippen LogP contribution in [-0.4, -0.2) is 31.5 Å². The van der Waals surface area contributed by atoms with Crippen LogP contribution in [0.2, 0.25) is 5.02 Å². The minimum Gasteiger partial charge on any atom is -0.495 e. The number of rotatable bonds is 9. The van der Waals surface area contributed by atoms with E-state index in [0.29, 0.717) is 34.1 Å². The summed E-state index contributed by atoms with van der Waals surface area (Å²) < 4.78 is 10.9. The maximum absolute atomic E-state index is 12.0. The van der Waals surface area contributed by atoms with Crippen LogP contribution in [0.3, 0.4) is 0 Å². The van der Waals surface area contributed by atoms with Crippen molar-refractivity contribution in [1.29, 1.82) is 0 Å². The third-order valence-corrected chi connectivity index (χ3v) is 5.52. The summed E-state index contributed by atoms with van der Waals surface area (Å²) in [5, 5.41) is 5.88. The molecular weight excluding hydrogens is 476 g/mol. The number of hydrogen-bond donors (Lipinski definition) is 2. The van der Waals surface area contributed by atoms with Gasteiger partial charge in [-0.2, -0.15) is 0 Å². The van der Waals surface area contributed by atoms with E-state index in [9.17, 15) is 14.4 Å². The number of methoxy groups -OCH3 is 1. The van der Waals surface area contributed by atoms with Gasteiger partial charge < -0.3 is 20.1 Å². The lowest BCUT2D eigenvalue weighted by Gasteiger charge is -2.11. The second-order valence-electron chi connectivity index (χ2n) is 6.34. The lowest BCUT2D eigenvalue weighted by atomic mass is 10.2. The summed E-state index contributed by atoms with van der Waals surface area (Å²) in [6.07, 6.45) is 0.453. The van der Waals surface area contributed by atoms with Gasteiger partial charge in [-0.3, -0.25) is 14.4 Å². The average Bonchev–Trinajstić information content (AvgIpc) is 2.73. The third-order valence-electron chi connectivity index (χ3n) is 4.14. The Morgan fingerprint density at radius 2 is 1.70 bits per heavy atom. The molecule has 160 valence electrons. The van der Waals surface area contributed by atoms with Gasteiger partial charge in [0.05, 0.1) is 17.8 Å². The Morgan fingerprint density at radius 3 is 2.43 bits per heavy atom. The number of para-hydroxylation sites is 2. The summed E-state index contributed by atoms with van der Waals surface area (Å²) in [6, 6.07) is 10.5. The molecule has 2 amide bonds. The van der Waals surface area contributed by atoms with Crippen LogP contribution in [0, 0.1) is 6.92 Å². The molecule has 0 unspecified atom stereocenters. The molecule has 7 nitrogen and oxygen atoms in total. The molecule has 0 aliphatic carbocycles. The fraction of sp³-hybridized carbons (Fsp3) is 0.286. The first-order valence-electron chi connectivity index (χ1n) is 9.14. The Hall–Kier alpha value is -2.58. The summed E-state index contributed by atoms with van der Waals surface area (Å²) in [6.45, 7) is 1.35. The summed E-state index contributed by atoms with van der Waals surface area (Å²) in [5.74, 6) is -0.717. The van der Waals surface area contributed by atoms with E-state index in [1.54, 1.807) is 43.3 Å². The zero-order valence-electron chi connectivity index (χ0n) is 16.6. The van der Waals surface area contributed by atoms with Crippen LogP contribution in [0.25, 0.3) is 0 Å². The van der Waals surface area contributed by atoms with Crippen molar-refractivity contribution in [2.75, 3.05) is 24.4 Å². The van der Waals surface area contributed by atoms with Crippen LogP contribution in [0.1, 0.15) is 24.8 Å². The van der Waals surface area contributed by atoms with E-state index in [2.05, 4.69) is 26.6 Å². The normalized spacial score (nSPS) is 10.3. The minimum absolute atomic E-state index is 0.0236. The molecule has 2 aromatic rings. The molecule has 0 saturated carbocycles. The Balaban J connectivity index is 1.70. The summed E-state index contributed by atoms with van der Waals surface area (Å²) in [5.41, 5.74) is 1.80. The molecule has 0 spiro atoms. The molecule has 2 N–H and O–H groups in total. The third kappa shape index (κ3) is 7.03. The molecule has 0 aliphatic rings. The largest absolute Gasteiger partial charge is 0.495 e. The number of nitrogens with one attached hydrogen (secondary N) is 2. The highest BCUT2D eigenvalue weighted by Crippen LogP contribution is 2.31. The van der Waals surface area contributed by atoms with Crippen molar-refractivity contribution in [2.45, 2.75) is 26.2 Å². The van der Waals surface area contributed by atoms with E-state index in [1.807, 2.05) is 0 Å². The molecule has 0 aromatic heterocycles. The highest BCUT2D eigenvalue weighted by molar-refractivity contribution is 9.10. The van der Waals surface area contributed by atoms with E-state index >= 15 is 0 Å². The minimum atomic E-state index is -0.555. The zero-order valence-corrected chi connectivity index (χ0v) is 18.9. The number of halogens is 2. The van der Waals surface area contributed by atoms with E-state index in [4.69, 9.17) is 21.1 Å². The smallest absolute Gasteiger partial charge is 0.306 e. The standard InChI is InChI=1S/C21H22BrClN2O5/c1-13-15(11-10-14(22)21(13)23)24-19(27)12-30-20(28)9-5-8-18(26)25-16-6-3-4-7-17(16)29-2/h3-4,6-7,10-11H,5,8-9,12H2,1-2H3,(H,24,27)(H,25,26). The number of hydrogen-bond acceptors (Lipinski definition) is 5. The Morgan fingerprint density at radius 1 is 1.00 bits per heavy atom. The van der Waals surface area contributed by atoms with E-state index < -0.39 is 18.5 Å². The van der Waals surface area contributed by atoms with Gasteiger partial charge in [0.15, 0.2) is 6.61 Å². The number of anilines is 2. The highest BCUT2D eigenvalue weighted by Gasteiger charge is 2.13. The molecule has 0 heterocycles. The monoisotopic (exact) mass is 496 g/mol. The maximum atomic E-state index is 12.0. The molecule has 30 heavy (non-hydrogen) atoms. The number of carbonyl (C=O) groups excluding carboxylic acids is 3. The predicted octanol–water partition coefficient (Wildman–Crippen LogP) is 4.71. The van der Waals surface area contributed by atoms with E-state index in [0.717, 1.165) is 4.47 Å². The van der Waals surface area contributed by atoms with Crippen LogP contribution < -0.4 is 15.4 Å². The second kappa shape index (κ2) is 11.6. The molecule has 0 radical (unpaired) electrons. The van der Waals surface area contributed by atoms with Gasteiger partial charge in [0, 0.05) is 23.0 Å². The van der Waals surface area contributed by atoms with E-state index in [1.165, 1.54) is 7.11 Å². The molecule has 0 fully saturated rings. The SMILES string of the molecule is COc1ccccc1NC(=O)CCCC(=O)OCC(=O)Nc1ccc(Br)c(Cl)c1C. The van der Waals surface area contributed by atoms with Crippen molar-refractivity contribution in [3.05, 3.63) is 51.5 Å². The molecule has 0 saturated heterocycles. The number of esters is 1. The van der Waals surface area contributed by atoms with Gasteiger partial charge in [0.2, 0.25) is 5.91 Å². The number of ether oxygens (including phenoxy) is 2. The number of amides is 2. The molecule has 2 aromatic carbocycles. The zero-order chi connectivity index (χ0) is 22.1. The van der Waals surface area contributed by atoms with Crippen LogP contribution >= 0.6 is 27.5 Å². The van der Waals surface area contributed by atoms with Crippen LogP contribution in [0.4, 0.5) is 11.4 Å². The summed E-state index contributed by atoms with van der Waals surface area (Å²) >= 11 is 9.43. The molecule has 2 rings (SSSR count). The summed E-state index contributed by atoms with van der Waals surface area (Å²) in [7, 11) is 1.52. The van der Waals surface area contributed by atoms with Gasteiger partial charge in [-0.05, 0) is 59.1 Å². The summed E-state index contributed by atoms with van der Waals surface area (Å²) in [4.78, 5) is 35.8. The second-order valence-corrected chi connectivity index (χ2v) is 7.58. The van der Waals surface area contributed by atoms with Crippen LogP contribution in [-0.2, 0) is 19.1 Å². The van der Waals surface area contributed by atoms with Gasteiger partial charge in [-0.1, -0.05) is 23.7 Å². The molecule has 0 atom stereocenters. The molecule has 0 bridgehead atoms. The lowest BCUT2D eigenvalue weighted by Crippen LogP contribution is -2.21. The lowest BCUT2D eigenvalue weighted by molar-refractivity contribution is -0.147. The van der Waals surface area contributed by atoms with Crippen LogP contribution in [0.15, 0.2) is 40.9 Å². The highest BCUT2D eigenvalue weighted by atomic mass is 79.9. The van der Waals surface area contributed by atoms with Crippen molar-refractivity contribution in [2.24, 2.45) is 0 Å². The Labute approximate surface area is 188 Å². The topological polar surface area (TPSA) is 93.7 Å². The van der Waals surface area contributed by atoms with Gasteiger partial charge >= 0.3 is 5.97 Å². The average molecular weight is 498 g/mol. The maximum Gasteiger partial charge on any atom is 0.306 e. The Kier molecular flexibility index (Phi) is 9.14. The van der Waals surface area contributed by atoms with Crippen molar-refractivity contribution < 1.29 is 23.9 Å². The fourth-order valence-corrected chi connectivity index (χ4v) is 3.14. The fourth-order valence-electron chi connectivity index (χ4n) is 2.55. The van der Waals surface area contributed by atoms with Crippen molar-refractivity contribution in [3.63, 3.8) is 0 Å². The van der Waals surface area contributed by atoms with Gasteiger partial charge in [0.1, 0.15) is 5.75 Å². The molecule has 0 aliphatic heterocycles. The van der Waals surface area contributed by atoms with Crippen molar-refractivity contribution in [1.82, 2.24) is 0 Å². The number of carbonyl (C=O) groups is 3. The molecule has 9 heteroatoms. The van der Waals surface area contributed by atoms with Crippen LogP contribution in [0.5, 0.6) is 5.75 Å². The van der Waals surface area contributed by atoms with Gasteiger partial charge in [-0.15, -0.1) is 0 Å². The molecular formula is C21H22BrClN2O5. The Bertz CT molecular complexity index is 936. The van der Waals surface area contributed by atoms with Gasteiger partial charge in [-0.25, -0.2) is 0 Å². The quantitative estimate of drug-likeness (QED) is 0.489. The van der Waals surface area contributed by atoms with Crippen molar-refractivity contribution in [3.8, 4) is 5.75 Å². The first-order valence-corrected chi connectivity index (χ1v) is 10.3. The number of benzene rings is 2. The first kappa shape index (κ1) is 23.7. The van der Waals surface area contributed by atoms with Crippen molar-refractivity contribution >= 4 is 56.7 Å². The predicted molar refractivity (Wildman–Crippen MR) is 119 cm³/mol. The van der Waals surface area contributed by atoms with E-state index in [-0.39, 0.29) is 18.7 Å².